The van der Waals surface area contributed by atoms with Gasteiger partial charge in [-0.1, -0.05) is 98.8 Å². The number of carboxylic acid groups (broad SMARTS) is 1. The van der Waals surface area contributed by atoms with Gasteiger partial charge in [0.1, 0.15) is 0 Å². The fourth-order valence-electron chi connectivity index (χ4n) is 5.23. The summed E-state index contributed by atoms with van der Waals surface area (Å²) in [5, 5.41) is 15.4. The topological polar surface area (TPSA) is 79.3 Å². The smallest absolute Gasteiger partial charge is 0.335 e. The van der Waals surface area contributed by atoms with E-state index in [4.69, 9.17) is 4.37 Å². The minimum atomic E-state index is -0.979. The first-order chi connectivity index (χ1) is 19.8. The number of nitrogens with zero attached hydrogens (tertiary/aromatic N) is 1. The van der Waals surface area contributed by atoms with E-state index in [1.54, 1.807) is 24.3 Å². The molecule has 0 aliphatic carbocycles. The molecule has 0 spiro atoms. The number of hydrogen-bond acceptors (Lipinski definition) is 4. The SMILES string of the molecule is CC(C)(c1ccc2ccccc2c1)c1nsc2cc(-c3ccccc3)cc(C(=O)NCc3ccc(C(=O)O)cc3)c12. The Hall–Kier alpha value is -4.81. The molecule has 6 rings (SSSR count). The molecule has 2 N–H and O–H groups in total. The highest BCUT2D eigenvalue weighted by molar-refractivity contribution is 7.13. The molecule has 5 nitrogen and oxygen atoms in total. The Morgan fingerprint density at radius 3 is 2.24 bits per heavy atom. The predicted octanol–water partition coefficient (Wildman–Crippen LogP) is 8.07. The number of amides is 1. The number of aromatic nitrogens is 1. The summed E-state index contributed by atoms with van der Waals surface area (Å²) in [6, 6.07) is 35.4. The summed E-state index contributed by atoms with van der Waals surface area (Å²) in [6.07, 6.45) is 0. The molecular formula is C35H28N2O3S. The summed E-state index contributed by atoms with van der Waals surface area (Å²) in [7, 11) is 0. The van der Waals surface area contributed by atoms with Gasteiger partial charge in [0.15, 0.2) is 0 Å². The fraction of sp³-hybridized carbons (Fsp3) is 0.114. The summed E-state index contributed by atoms with van der Waals surface area (Å²) in [5.74, 6) is -1.18. The lowest BCUT2D eigenvalue weighted by Crippen LogP contribution is -2.25. The second-order valence-electron chi connectivity index (χ2n) is 10.7. The van der Waals surface area contributed by atoms with Crippen molar-refractivity contribution in [2.24, 2.45) is 0 Å². The van der Waals surface area contributed by atoms with Crippen molar-refractivity contribution in [2.75, 3.05) is 0 Å². The van der Waals surface area contributed by atoms with E-state index in [1.165, 1.54) is 16.9 Å². The first-order valence-electron chi connectivity index (χ1n) is 13.4. The fourth-order valence-corrected chi connectivity index (χ4v) is 6.22. The van der Waals surface area contributed by atoms with Crippen molar-refractivity contribution < 1.29 is 14.7 Å². The number of benzene rings is 5. The van der Waals surface area contributed by atoms with Crippen molar-refractivity contribution in [3.05, 3.63) is 137 Å². The van der Waals surface area contributed by atoms with Gasteiger partial charge in [-0.25, -0.2) is 4.79 Å². The van der Waals surface area contributed by atoms with Crippen LogP contribution < -0.4 is 5.32 Å². The van der Waals surface area contributed by atoms with E-state index in [9.17, 15) is 14.7 Å². The molecule has 1 amide bonds. The lowest BCUT2D eigenvalue weighted by Gasteiger charge is -2.25. The van der Waals surface area contributed by atoms with E-state index in [-0.39, 0.29) is 18.0 Å². The van der Waals surface area contributed by atoms with E-state index in [1.807, 2.05) is 48.5 Å². The van der Waals surface area contributed by atoms with E-state index in [0.29, 0.717) is 5.56 Å². The van der Waals surface area contributed by atoms with Gasteiger partial charge in [0, 0.05) is 17.3 Å². The maximum absolute atomic E-state index is 13.9. The van der Waals surface area contributed by atoms with Gasteiger partial charge in [0.05, 0.1) is 21.5 Å². The van der Waals surface area contributed by atoms with Gasteiger partial charge in [-0.2, -0.15) is 4.37 Å². The average Bonchev–Trinajstić information content (AvgIpc) is 3.45. The molecule has 0 saturated carbocycles. The summed E-state index contributed by atoms with van der Waals surface area (Å²) in [4.78, 5) is 25.1. The Balaban J connectivity index is 1.43. The van der Waals surface area contributed by atoms with Gasteiger partial charge < -0.3 is 10.4 Å². The monoisotopic (exact) mass is 556 g/mol. The second-order valence-corrected chi connectivity index (χ2v) is 11.5. The van der Waals surface area contributed by atoms with E-state index < -0.39 is 11.4 Å². The van der Waals surface area contributed by atoms with Gasteiger partial charge in [-0.3, -0.25) is 4.79 Å². The predicted molar refractivity (Wildman–Crippen MR) is 166 cm³/mol. The third-order valence-corrected chi connectivity index (χ3v) is 8.44. The Bertz CT molecular complexity index is 1910. The Kier molecular flexibility index (Phi) is 6.85. The molecule has 1 heterocycles. The molecule has 0 aliphatic heterocycles. The molecule has 0 atom stereocenters. The molecule has 0 unspecified atom stereocenters. The van der Waals surface area contributed by atoms with Crippen LogP contribution in [0.15, 0.2) is 109 Å². The number of carbonyl (C=O) groups excluding carboxylic acids is 1. The summed E-state index contributed by atoms with van der Waals surface area (Å²) in [6.45, 7) is 4.58. The number of aromatic carboxylic acids is 1. The van der Waals surface area contributed by atoms with Crippen molar-refractivity contribution in [2.45, 2.75) is 25.8 Å². The minimum Gasteiger partial charge on any atom is -0.478 e. The van der Waals surface area contributed by atoms with Gasteiger partial charge in [-0.15, -0.1) is 0 Å². The lowest BCUT2D eigenvalue weighted by atomic mass is 9.78. The number of hydrogen-bond donors (Lipinski definition) is 2. The van der Waals surface area contributed by atoms with E-state index in [0.717, 1.165) is 43.4 Å². The van der Waals surface area contributed by atoms with Crippen LogP contribution in [0.25, 0.3) is 32.0 Å². The summed E-state index contributed by atoms with van der Waals surface area (Å²) >= 11 is 1.41. The van der Waals surface area contributed by atoms with Crippen molar-refractivity contribution in [1.82, 2.24) is 9.69 Å². The highest BCUT2D eigenvalue weighted by atomic mass is 32.1. The van der Waals surface area contributed by atoms with Crippen molar-refractivity contribution >= 4 is 44.3 Å². The maximum atomic E-state index is 13.9. The normalized spacial score (nSPS) is 11.6. The molecule has 1 aromatic heterocycles. The second kappa shape index (κ2) is 10.6. The third kappa shape index (κ3) is 5.10. The Morgan fingerprint density at radius 1 is 0.805 bits per heavy atom. The molecule has 41 heavy (non-hydrogen) atoms. The van der Waals surface area contributed by atoms with Crippen LogP contribution in [0, 0.1) is 0 Å². The molecular weight excluding hydrogens is 528 g/mol. The van der Waals surface area contributed by atoms with Gasteiger partial charge in [-0.05, 0) is 68.8 Å². The van der Waals surface area contributed by atoms with Gasteiger partial charge in [0.2, 0.25) is 0 Å². The Morgan fingerprint density at radius 2 is 1.51 bits per heavy atom. The number of rotatable bonds is 7. The maximum Gasteiger partial charge on any atom is 0.335 e. The molecule has 0 fully saturated rings. The Labute approximate surface area is 242 Å². The third-order valence-electron chi connectivity index (χ3n) is 7.64. The summed E-state index contributed by atoms with van der Waals surface area (Å²) < 4.78 is 5.90. The quantitative estimate of drug-likeness (QED) is 0.208. The molecule has 0 saturated heterocycles. The average molecular weight is 557 g/mol. The zero-order valence-corrected chi connectivity index (χ0v) is 23.5. The zero-order valence-electron chi connectivity index (χ0n) is 22.7. The lowest BCUT2D eigenvalue weighted by molar-refractivity contribution is 0.0696. The van der Waals surface area contributed by atoms with Crippen molar-refractivity contribution in [1.29, 1.82) is 0 Å². The molecule has 0 aliphatic rings. The van der Waals surface area contributed by atoms with E-state index in [2.05, 4.69) is 55.6 Å². The molecule has 5 aromatic carbocycles. The van der Waals surface area contributed by atoms with Crippen LogP contribution in [0.3, 0.4) is 0 Å². The number of carboxylic acids is 1. The largest absolute Gasteiger partial charge is 0.478 e. The molecule has 202 valence electrons. The number of carbonyl (C=O) groups is 2. The van der Waals surface area contributed by atoms with Crippen LogP contribution >= 0.6 is 11.5 Å². The zero-order chi connectivity index (χ0) is 28.6. The molecule has 6 aromatic rings. The van der Waals surface area contributed by atoms with Crippen LogP contribution in [-0.4, -0.2) is 21.4 Å². The van der Waals surface area contributed by atoms with Crippen LogP contribution in [0.2, 0.25) is 0 Å². The molecule has 0 bridgehead atoms. The number of nitrogens with one attached hydrogen (secondary N) is 1. The van der Waals surface area contributed by atoms with Crippen LogP contribution in [0.5, 0.6) is 0 Å². The van der Waals surface area contributed by atoms with Crippen molar-refractivity contribution in [3.63, 3.8) is 0 Å². The summed E-state index contributed by atoms with van der Waals surface area (Å²) in [5.41, 5.74) is 5.11. The van der Waals surface area contributed by atoms with Crippen molar-refractivity contribution in [3.8, 4) is 11.1 Å². The van der Waals surface area contributed by atoms with Crippen LogP contribution in [0.4, 0.5) is 0 Å². The molecule has 0 radical (unpaired) electrons. The molecule has 6 heteroatoms. The van der Waals surface area contributed by atoms with Crippen LogP contribution in [-0.2, 0) is 12.0 Å². The first kappa shape index (κ1) is 26.4. The minimum absolute atomic E-state index is 0.203. The van der Waals surface area contributed by atoms with E-state index >= 15 is 0 Å². The standard InChI is InChI=1S/C35H28N2O3S/c1-35(2,28-17-16-24-10-6-7-11-26(24)18-28)32-31-29(33(38)36-21-22-12-14-25(15-13-22)34(39)40)19-27(20-30(31)41-37-32)23-8-4-3-5-9-23/h3-20H,21H2,1-2H3,(H,36,38)(H,39,40). The van der Waals surface area contributed by atoms with Crippen LogP contribution in [0.1, 0.15) is 51.4 Å². The number of fused-ring (bicyclic) bond motifs is 2. The highest BCUT2D eigenvalue weighted by Crippen LogP contribution is 2.41. The van der Waals surface area contributed by atoms with Gasteiger partial charge >= 0.3 is 5.97 Å². The highest BCUT2D eigenvalue weighted by Gasteiger charge is 2.31. The van der Waals surface area contributed by atoms with Gasteiger partial charge in [0.25, 0.3) is 5.91 Å². The first-order valence-corrected chi connectivity index (χ1v) is 14.2.